The Morgan fingerprint density at radius 1 is 0.581 bits per heavy atom. The predicted octanol–water partition coefficient (Wildman–Crippen LogP) is 9.58. The third-order valence-electron chi connectivity index (χ3n) is 6.81. The van der Waals surface area contributed by atoms with Crippen molar-refractivity contribution in [2.75, 3.05) is 4.90 Å². The number of rotatable bonds is 9. The average Bonchev–Trinajstić information content (AvgIpc) is 2.79. The number of nitrogens with zero attached hydrogens (tertiary/aromatic N) is 1. The second kappa shape index (κ2) is 10.7. The fourth-order valence-corrected chi connectivity index (χ4v) is 4.79. The van der Waals surface area contributed by atoms with Gasteiger partial charge in [0.05, 0.1) is 0 Å². The minimum atomic E-state index is 0.642. The molecule has 0 aliphatic rings. The van der Waals surface area contributed by atoms with Crippen molar-refractivity contribution in [3.8, 4) is 0 Å². The van der Waals surface area contributed by atoms with Crippen LogP contribution in [-0.4, -0.2) is 0 Å². The van der Waals surface area contributed by atoms with Gasteiger partial charge in [0.1, 0.15) is 0 Å². The van der Waals surface area contributed by atoms with Gasteiger partial charge >= 0.3 is 0 Å². The SMILES string of the molecule is CCC(CC)c1ccc(N(c2ccc(C(CC)CC)cc2)c2ccc(C)cc2C)cc1. The highest BCUT2D eigenvalue weighted by Gasteiger charge is 2.16. The molecular weight excluding hydrogens is 374 g/mol. The lowest BCUT2D eigenvalue weighted by atomic mass is 9.93. The molecule has 0 unspecified atom stereocenters. The molecule has 0 N–H and O–H groups in total. The molecule has 0 aliphatic carbocycles. The zero-order chi connectivity index (χ0) is 22.4. The number of anilines is 3. The highest BCUT2D eigenvalue weighted by molar-refractivity contribution is 5.78. The van der Waals surface area contributed by atoms with Gasteiger partial charge in [-0.05, 0) is 98.4 Å². The van der Waals surface area contributed by atoms with Gasteiger partial charge in [-0.3, -0.25) is 0 Å². The van der Waals surface area contributed by atoms with E-state index >= 15 is 0 Å². The third kappa shape index (κ3) is 5.21. The van der Waals surface area contributed by atoms with Crippen LogP contribution in [0.4, 0.5) is 17.1 Å². The summed E-state index contributed by atoms with van der Waals surface area (Å²) in [5, 5.41) is 0. The first-order valence-electron chi connectivity index (χ1n) is 12.1. The Hall–Kier alpha value is -2.54. The zero-order valence-electron chi connectivity index (χ0n) is 20.3. The summed E-state index contributed by atoms with van der Waals surface area (Å²) in [6, 6.07) is 25.2. The second-order valence-corrected chi connectivity index (χ2v) is 8.84. The molecule has 164 valence electrons. The first kappa shape index (κ1) is 23.1. The van der Waals surface area contributed by atoms with Crippen LogP contribution >= 0.6 is 0 Å². The van der Waals surface area contributed by atoms with E-state index < -0.39 is 0 Å². The topological polar surface area (TPSA) is 3.24 Å². The molecule has 0 fully saturated rings. The maximum atomic E-state index is 2.40. The number of aryl methyl sites for hydroxylation is 2. The monoisotopic (exact) mass is 413 g/mol. The Labute approximate surface area is 190 Å². The Kier molecular flexibility index (Phi) is 7.96. The minimum Gasteiger partial charge on any atom is -0.310 e. The van der Waals surface area contributed by atoms with E-state index in [4.69, 9.17) is 0 Å². The van der Waals surface area contributed by atoms with Crippen LogP contribution in [-0.2, 0) is 0 Å². The molecule has 0 spiro atoms. The fourth-order valence-electron chi connectivity index (χ4n) is 4.79. The van der Waals surface area contributed by atoms with Gasteiger partial charge in [-0.15, -0.1) is 0 Å². The standard InChI is InChI=1S/C30H39N/c1-7-24(8-2)26-12-16-28(17-13-26)31(30-20-11-22(5)21-23(30)6)29-18-14-27(15-19-29)25(9-3)10-4/h11-21,24-25H,7-10H2,1-6H3. The van der Waals surface area contributed by atoms with Crippen molar-refractivity contribution in [3.63, 3.8) is 0 Å². The summed E-state index contributed by atoms with van der Waals surface area (Å²) < 4.78 is 0. The molecule has 0 aromatic heterocycles. The number of hydrogen-bond donors (Lipinski definition) is 0. The Morgan fingerprint density at radius 2 is 1.00 bits per heavy atom. The van der Waals surface area contributed by atoms with E-state index in [1.165, 1.54) is 65.0 Å². The van der Waals surface area contributed by atoms with Crippen LogP contribution in [0.1, 0.15) is 87.5 Å². The molecule has 0 amide bonds. The van der Waals surface area contributed by atoms with E-state index in [0.29, 0.717) is 11.8 Å². The molecule has 1 heteroatoms. The summed E-state index contributed by atoms with van der Waals surface area (Å²) in [6.45, 7) is 13.5. The van der Waals surface area contributed by atoms with E-state index in [9.17, 15) is 0 Å². The normalized spacial score (nSPS) is 11.4. The van der Waals surface area contributed by atoms with Gasteiger partial charge in [-0.2, -0.15) is 0 Å². The molecule has 0 bridgehead atoms. The Morgan fingerprint density at radius 3 is 1.35 bits per heavy atom. The third-order valence-corrected chi connectivity index (χ3v) is 6.81. The van der Waals surface area contributed by atoms with E-state index in [-0.39, 0.29) is 0 Å². The lowest BCUT2D eigenvalue weighted by Gasteiger charge is -2.28. The van der Waals surface area contributed by atoms with Gasteiger partial charge < -0.3 is 4.90 Å². The average molecular weight is 414 g/mol. The first-order valence-corrected chi connectivity index (χ1v) is 12.1. The summed E-state index contributed by atoms with van der Waals surface area (Å²) in [5.41, 5.74) is 9.17. The maximum Gasteiger partial charge on any atom is 0.0490 e. The Bertz CT molecular complexity index is 889. The lowest BCUT2D eigenvalue weighted by molar-refractivity contribution is 0.642. The lowest BCUT2D eigenvalue weighted by Crippen LogP contribution is -2.12. The molecule has 0 aliphatic heterocycles. The summed E-state index contributed by atoms with van der Waals surface area (Å²) in [7, 11) is 0. The molecule has 0 saturated heterocycles. The van der Waals surface area contributed by atoms with Gasteiger partial charge in [0.2, 0.25) is 0 Å². The van der Waals surface area contributed by atoms with Gasteiger partial charge in [-0.25, -0.2) is 0 Å². The number of hydrogen-bond acceptors (Lipinski definition) is 1. The molecule has 3 rings (SSSR count). The number of benzene rings is 3. The molecule has 0 atom stereocenters. The van der Waals surface area contributed by atoms with Gasteiger partial charge in [0, 0.05) is 17.1 Å². The van der Waals surface area contributed by atoms with Gasteiger partial charge in [0.15, 0.2) is 0 Å². The van der Waals surface area contributed by atoms with E-state index in [1.54, 1.807) is 0 Å². The van der Waals surface area contributed by atoms with Crippen LogP contribution < -0.4 is 4.90 Å². The van der Waals surface area contributed by atoms with Crippen molar-refractivity contribution in [2.24, 2.45) is 0 Å². The molecular formula is C30H39N. The highest BCUT2D eigenvalue weighted by atomic mass is 15.1. The van der Waals surface area contributed by atoms with Crippen molar-refractivity contribution >= 4 is 17.1 Å². The van der Waals surface area contributed by atoms with Crippen LogP contribution in [0.2, 0.25) is 0 Å². The second-order valence-electron chi connectivity index (χ2n) is 8.84. The molecule has 31 heavy (non-hydrogen) atoms. The van der Waals surface area contributed by atoms with Crippen molar-refractivity contribution in [1.29, 1.82) is 0 Å². The van der Waals surface area contributed by atoms with E-state index in [2.05, 4.69) is 113 Å². The van der Waals surface area contributed by atoms with Crippen LogP contribution in [0, 0.1) is 13.8 Å². The summed E-state index contributed by atoms with van der Waals surface area (Å²) in [5.74, 6) is 1.28. The molecule has 0 radical (unpaired) electrons. The fraction of sp³-hybridized carbons (Fsp3) is 0.400. The first-order chi connectivity index (χ1) is 15.0. The van der Waals surface area contributed by atoms with Crippen LogP contribution in [0.25, 0.3) is 0 Å². The van der Waals surface area contributed by atoms with Crippen molar-refractivity contribution in [1.82, 2.24) is 0 Å². The largest absolute Gasteiger partial charge is 0.310 e. The van der Waals surface area contributed by atoms with Gasteiger partial charge in [0.25, 0.3) is 0 Å². The zero-order valence-corrected chi connectivity index (χ0v) is 20.3. The molecule has 0 heterocycles. The summed E-state index contributed by atoms with van der Waals surface area (Å²) >= 11 is 0. The van der Waals surface area contributed by atoms with Crippen LogP contribution in [0.15, 0.2) is 66.7 Å². The molecule has 3 aromatic carbocycles. The maximum absolute atomic E-state index is 2.40. The van der Waals surface area contributed by atoms with Crippen molar-refractivity contribution in [3.05, 3.63) is 89.0 Å². The van der Waals surface area contributed by atoms with Crippen LogP contribution in [0.3, 0.4) is 0 Å². The molecule has 3 aromatic rings. The van der Waals surface area contributed by atoms with Crippen LogP contribution in [0.5, 0.6) is 0 Å². The summed E-state index contributed by atoms with van der Waals surface area (Å²) in [6.07, 6.45) is 4.75. The quantitative estimate of drug-likeness (QED) is 0.337. The van der Waals surface area contributed by atoms with Crippen molar-refractivity contribution in [2.45, 2.75) is 79.1 Å². The molecule has 0 saturated carbocycles. The molecule has 1 nitrogen and oxygen atoms in total. The Balaban J connectivity index is 2.05. The smallest absolute Gasteiger partial charge is 0.0490 e. The van der Waals surface area contributed by atoms with E-state index in [0.717, 1.165) is 0 Å². The summed E-state index contributed by atoms with van der Waals surface area (Å²) in [4.78, 5) is 2.40. The van der Waals surface area contributed by atoms with Gasteiger partial charge in [-0.1, -0.05) is 69.7 Å². The minimum absolute atomic E-state index is 0.642. The predicted molar refractivity (Wildman–Crippen MR) is 137 cm³/mol. The highest BCUT2D eigenvalue weighted by Crippen LogP contribution is 2.38. The van der Waals surface area contributed by atoms with Crippen molar-refractivity contribution < 1.29 is 0 Å². The van der Waals surface area contributed by atoms with E-state index in [1.807, 2.05) is 0 Å².